The van der Waals surface area contributed by atoms with Crippen molar-refractivity contribution in [2.75, 3.05) is 18.3 Å². The lowest BCUT2D eigenvalue weighted by Gasteiger charge is -2.20. The fraction of sp³-hybridized carbons (Fsp3) is 0.545. The highest BCUT2D eigenvalue weighted by Gasteiger charge is 2.12. The summed E-state index contributed by atoms with van der Waals surface area (Å²) >= 11 is 5.86. The topological polar surface area (TPSA) is 34.1 Å². The van der Waals surface area contributed by atoms with E-state index in [1.807, 2.05) is 18.2 Å². The summed E-state index contributed by atoms with van der Waals surface area (Å²) in [6.07, 6.45) is 0. The van der Waals surface area contributed by atoms with Gasteiger partial charge < -0.3 is 10.1 Å². The third kappa shape index (κ3) is 3.59. The highest BCUT2D eigenvalue weighted by molar-refractivity contribution is 6.18. The summed E-state index contributed by atoms with van der Waals surface area (Å²) in [6, 6.07) is 5.85. The van der Waals surface area contributed by atoms with Gasteiger partial charge in [-0.1, -0.05) is 19.9 Å². The van der Waals surface area contributed by atoms with E-state index in [4.69, 9.17) is 16.3 Å². The van der Waals surface area contributed by atoms with E-state index in [9.17, 15) is 0 Å². The molecule has 1 rings (SSSR count). The molecule has 1 aromatic heterocycles. The third-order valence-electron chi connectivity index (χ3n) is 2.24. The van der Waals surface area contributed by atoms with Gasteiger partial charge in [-0.25, -0.2) is 0 Å². The monoisotopic (exact) mass is 228 g/mol. The maximum Gasteiger partial charge on any atom is 0.214 e. The smallest absolute Gasteiger partial charge is 0.214 e. The number of rotatable bonds is 5. The highest BCUT2D eigenvalue weighted by Crippen LogP contribution is 2.15. The number of nitrogens with one attached hydrogen (secondary N) is 1. The minimum absolute atomic E-state index is 0.228. The molecule has 0 amide bonds. The van der Waals surface area contributed by atoms with Crippen molar-refractivity contribution in [3.8, 4) is 5.88 Å². The second-order valence-corrected chi connectivity index (χ2v) is 4.02. The van der Waals surface area contributed by atoms with Gasteiger partial charge in [-0.3, -0.25) is 0 Å². The zero-order valence-electron chi connectivity index (χ0n) is 9.33. The molecule has 1 aromatic rings. The van der Waals surface area contributed by atoms with Crippen LogP contribution in [0.4, 0.5) is 5.82 Å². The Hall–Kier alpha value is -0.960. The van der Waals surface area contributed by atoms with Crippen molar-refractivity contribution in [1.29, 1.82) is 0 Å². The molecule has 3 nitrogen and oxygen atoms in total. The minimum Gasteiger partial charge on any atom is -0.481 e. The van der Waals surface area contributed by atoms with E-state index in [0.29, 0.717) is 17.7 Å². The van der Waals surface area contributed by atoms with Crippen LogP contribution in [0.1, 0.15) is 13.8 Å². The Morgan fingerprint density at radius 1 is 1.47 bits per heavy atom. The Balaban J connectivity index is 2.70. The number of aromatic nitrogens is 1. The number of nitrogens with zero attached hydrogens (tertiary/aromatic N) is 1. The van der Waals surface area contributed by atoms with Crippen LogP contribution < -0.4 is 10.1 Å². The molecule has 84 valence electrons. The predicted octanol–water partition coefficient (Wildman–Crippen LogP) is 2.77. The SMILES string of the molecule is COc1cccc(NC(CCl)C(C)C)n1. The predicted molar refractivity (Wildman–Crippen MR) is 63.8 cm³/mol. The lowest BCUT2D eigenvalue weighted by atomic mass is 10.1. The lowest BCUT2D eigenvalue weighted by Crippen LogP contribution is -2.27. The van der Waals surface area contributed by atoms with Gasteiger partial charge in [-0.05, 0) is 12.0 Å². The molecule has 0 fully saturated rings. The van der Waals surface area contributed by atoms with E-state index in [1.54, 1.807) is 7.11 Å². The van der Waals surface area contributed by atoms with E-state index in [2.05, 4.69) is 24.1 Å². The van der Waals surface area contributed by atoms with Crippen molar-refractivity contribution in [1.82, 2.24) is 4.98 Å². The molecular formula is C11H17ClN2O. The van der Waals surface area contributed by atoms with Crippen LogP contribution in [-0.2, 0) is 0 Å². The van der Waals surface area contributed by atoms with Crippen LogP contribution in [0.2, 0.25) is 0 Å². The van der Waals surface area contributed by atoms with Crippen molar-refractivity contribution < 1.29 is 4.74 Å². The first-order valence-corrected chi connectivity index (χ1v) is 5.54. The van der Waals surface area contributed by atoms with Gasteiger partial charge in [0.05, 0.1) is 7.11 Å². The molecule has 0 spiro atoms. The molecular weight excluding hydrogens is 212 g/mol. The fourth-order valence-corrected chi connectivity index (χ4v) is 1.62. The minimum atomic E-state index is 0.228. The molecule has 15 heavy (non-hydrogen) atoms. The van der Waals surface area contributed by atoms with Crippen molar-refractivity contribution in [2.45, 2.75) is 19.9 Å². The summed E-state index contributed by atoms with van der Waals surface area (Å²) in [6.45, 7) is 4.25. The van der Waals surface area contributed by atoms with Crippen LogP contribution in [0.25, 0.3) is 0 Å². The van der Waals surface area contributed by atoms with Gasteiger partial charge in [0.15, 0.2) is 0 Å². The van der Waals surface area contributed by atoms with E-state index < -0.39 is 0 Å². The number of alkyl halides is 1. The Kier molecular flexibility index (Phi) is 4.69. The van der Waals surface area contributed by atoms with E-state index in [0.717, 1.165) is 5.82 Å². The summed E-state index contributed by atoms with van der Waals surface area (Å²) in [5.41, 5.74) is 0. The van der Waals surface area contributed by atoms with Crippen LogP contribution in [-0.4, -0.2) is 24.0 Å². The summed E-state index contributed by atoms with van der Waals surface area (Å²) in [5, 5.41) is 3.28. The maximum absolute atomic E-state index is 5.86. The van der Waals surface area contributed by atoms with Crippen LogP contribution >= 0.6 is 11.6 Å². The van der Waals surface area contributed by atoms with Crippen molar-refractivity contribution in [3.63, 3.8) is 0 Å². The number of halogens is 1. The summed E-state index contributed by atoms with van der Waals surface area (Å²) in [4.78, 5) is 4.27. The highest BCUT2D eigenvalue weighted by atomic mass is 35.5. The van der Waals surface area contributed by atoms with Gasteiger partial charge in [0, 0.05) is 18.0 Å². The van der Waals surface area contributed by atoms with Crippen LogP contribution in [0.5, 0.6) is 5.88 Å². The lowest BCUT2D eigenvalue weighted by molar-refractivity contribution is 0.398. The zero-order valence-corrected chi connectivity index (χ0v) is 10.1. The molecule has 0 aliphatic heterocycles. The average Bonchev–Trinajstić information content (AvgIpc) is 2.25. The standard InChI is InChI=1S/C11H17ClN2O/c1-8(2)9(7-12)13-10-5-4-6-11(14-10)15-3/h4-6,8-9H,7H2,1-3H3,(H,13,14). The van der Waals surface area contributed by atoms with Gasteiger partial charge in [-0.2, -0.15) is 4.98 Å². The second kappa shape index (κ2) is 5.81. The molecule has 1 heterocycles. The molecule has 1 atom stereocenters. The van der Waals surface area contributed by atoms with Crippen LogP contribution in [0.3, 0.4) is 0 Å². The molecule has 0 radical (unpaired) electrons. The third-order valence-corrected chi connectivity index (χ3v) is 2.57. The normalized spacial score (nSPS) is 12.6. The molecule has 0 aliphatic rings. The number of ether oxygens (including phenoxy) is 1. The number of hydrogen-bond donors (Lipinski definition) is 1. The summed E-state index contributed by atoms with van der Waals surface area (Å²) in [5.74, 6) is 2.44. The Bertz CT molecular complexity index is 304. The van der Waals surface area contributed by atoms with Crippen LogP contribution in [0.15, 0.2) is 18.2 Å². The Labute approximate surface area is 95.8 Å². The number of hydrogen-bond acceptors (Lipinski definition) is 3. The first kappa shape index (κ1) is 12.1. The number of methoxy groups -OCH3 is 1. The molecule has 4 heteroatoms. The van der Waals surface area contributed by atoms with E-state index >= 15 is 0 Å². The quantitative estimate of drug-likeness (QED) is 0.787. The fourth-order valence-electron chi connectivity index (χ4n) is 1.18. The summed E-state index contributed by atoms with van der Waals surface area (Å²) in [7, 11) is 1.60. The zero-order chi connectivity index (χ0) is 11.3. The summed E-state index contributed by atoms with van der Waals surface area (Å²) < 4.78 is 5.05. The van der Waals surface area contributed by atoms with E-state index in [-0.39, 0.29) is 6.04 Å². The molecule has 0 saturated heterocycles. The maximum atomic E-state index is 5.86. The molecule has 0 aromatic carbocycles. The Morgan fingerprint density at radius 3 is 2.73 bits per heavy atom. The van der Waals surface area contributed by atoms with Gasteiger partial charge in [-0.15, -0.1) is 11.6 Å². The van der Waals surface area contributed by atoms with Crippen LogP contribution in [0, 0.1) is 5.92 Å². The van der Waals surface area contributed by atoms with Crippen molar-refractivity contribution in [2.24, 2.45) is 5.92 Å². The van der Waals surface area contributed by atoms with Gasteiger partial charge in [0.2, 0.25) is 5.88 Å². The van der Waals surface area contributed by atoms with Gasteiger partial charge in [0.25, 0.3) is 0 Å². The van der Waals surface area contributed by atoms with Crippen molar-refractivity contribution in [3.05, 3.63) is 18.2 Å². The largest absolute Gasteiger partial charge is 0.481 e. The first-order chi connectivity index (χ1) is 7.17. The number of pyridine rings is 1. The first-order valence-electron chi connectivity index (χ1n) is 5.01. The molecule has 1 unspecified atom stereocenters. The average molecular weight is 229 g/mol. The Morgan fingerprint density at radius 2 is 2.20 bits per heavy atom. The molecule has 0 bridgehead atoms. The molecule has 0 aliphatic carbocycles. The van der Waals surface area contributed by atoms with Gasteiger partial charge in [0.1, 0.15) is 5.82 Å². The number of anilines is 1. The molecule has 1 N–H and O–H groups in total. The van der Waals surface area contributed by atoms with Gasteiger partial charge >= 0.3 is 0 Å². The second-order valence-electron chi connectivity index (χ2n) is 3.71. The van der Waals surface area contributed by atoms with Crippen molar-refractivity contribution >= 4 is 17.4 Å². The molecule has 0 saturated carbocycles. The van der Waals surface area contributed by atoms with E-state index in [1.165, 1.54) is 0 Å².